The lowest BCUT2D eigenvalue weighted by atomic mass is 9.85. The zero-order chi connectivity index (χ0) is 28.1. The van der Waals surface area contributed by atoms with E-state index in [9.17, 15) is 19.5 Å². The molecule has 5 rings (SSSR count). The first-order valence-corrected chi connectivity index (χ1v) is 13.5. The lowest BCUT2D eigenvalue weighted by Crippen LogP contribution is -2.44. The van der Waals surface area contributed by atoms with Gasteiger partial charge in [-0.25, -0.2) is 14.6 Å². The van der Waals surface area contributed by atoms with Crippen LogP contribution in [0.1, 0.15) is 59.2 Å². The molecule has 1 fully saturated rings. The van der Waals surface area contributed by atoms with Gasteiger partial charge in [0.1, 0.15) is 12.4 Å². The highest BCUT2D eigenvalue weighted by Crippen LogP contribution is 2.28. The van der Waals surface area contributed by atoms with Crippen LogP contribution in [0.4, 0.5) is 0 Å². The molecule has 1 saturated carbocycles. The maximum absolute atomic E-state index is 12.8. The molecule has 0 saturated heterocycles. The molecule has 1 aromatic heterocycles. The van der Waals surface area contributed by atoms with Crippen molar-refractivity contribution in [3.05, 3.63) is 110 Å². The van der Waals surface area contributed by atoms with Crippen LogP contribution in [-0.4, -0.2) is 32.9 Å². The molecule has 1 amide bonds. The van der Waals surface area contributed by atoms with E-state index < -0.39 is 17.0 Å². The third-order valence-corrected chi connectivity index (χ3v) is 7.37. The van der Waals surface area contributed by atoms with Gasteiger partial charge < -0.3 is 19.7 Å². The van der Waals surface area contributed by atoms with Gasteiger partial charge in [0, 0.05) is 12.1 Å². The van der Waals surface area contributed by atoms with Crippen LogP contribution >= 0.6 is 0 Å². The topological polar surface area (TPSA) is 127 Å². The molecule has 0 spiro atoms. The Hall–Kier alpha value is -4.37. The van der Waals surface area contributed by atoms with Gasteiger partial charge >= 0.3 is 11.4 Å². The smallest absolute Gasteiger partial charge is 0.440 e. The van der Waals surface area contributed by atoms with Crippen LogP contribution < -0.4 is 21.5 Å². The van der Waals surface area contributed by atoms with Gasteiger partial charge in [0.05, 0.1) is 12.1 Å². The number of aromatic amines is 1. The number of carbonyl (C=O) groups excluding carboxylic acids is 1. The zero-order valence-electron chi connectivity index (χ0n) is 22.4. The van der Waals surface area contributed by atoms with Crippen molar-refractivity contribution >= 4 is 5.91 Å². The predicted molar refractivity (Wildman–Crippen MR) is 150 cm³/mol. The second kappa shape index (κ2) is 11.8. The Bertz CT molecular complexity index is 1590. The number of nitrogens with one attached hydrogen (secondary N) is 2. The lowest BCUT2D eigenvalue weighted by Gasteiger charge is -2.32. The van der Waals surface area contributed by atoms with Crippen molar-refractivity contribution in [1.29, 1.82) is 0 Å². The number of hydrogen-bond donors (Lipinski definition) is 3. The van der Waals surface area contributed by atoms with Gasteiger partial charge in [-0.2, -0.15) is 0 Å². The van der Waals surface area contributed by atoms with Crippen molar-refractivity contribution in [3.63, 3.8) is 0 Å². The van der Waals surface area contributed by atoms with Gasteiger partial charge in [0.2, 0.25) is 0 Å². The number of ether oxygens (including phenoxy) is 1. The van der Waals surface area contributed by atoms with Gasteiger partial charge in [-0.3, -0.25) is 4.79 Å². The Labute approximate surface area is 231 Å². The Morgan fingerprint density at radius 1 is 1.02 bits per heavy atom. The third kappa shape index (κ3) is 6.60. The summed E-state index contributed by atoms with van der Waals surface area (Å²) in [5, 5.41) is 13.6. The second-order valence-electron chi connectivity index (χ2n) is 10.5. The Kier molecular flexibility index (Phi) is 8.02. The number of nitrogens with zero attached hydrogens (tertiary/aromatic N) is 1. The molecule has 40 heavy (non-hydrogen) atoms. The number of H-pyrrole nitrogens is 1. The van der Waals surface area contributed by atoms with E-state index in [0.717, 1.165) is 64.7 Å². The van der Waals surface area contributed by atoms with Crippen molar-refractivity contribution in [1.82, 2.24) is 15.0 Å². The minimum absolute atomic E-state index is 0.141. The van der Waals surface area contributed by atoms with Gasteiger partial charge in [-0.05, 0) is 77.9 Å². The van der Waals surface area contributed by atoms with Gasteiger partial charge in [-0.1, -0.05) is 55.7 Å². The summed E-state index contributed by atoms with van der Waals surface area (Å²) in [5.74, 6) is -0.290. The number of aliphatic hydroxyl groups is 1. The second-order valence-corrected chi connectivity index (χ2v) is 10.5. The molecule has 0 radical (unpaired) electrons. The Morgan fingerprint density at radius 3 is 2.50 bits per heavy atom. The first-order valence-electron chi connectivity index (χ1n) is 13.5. The van der Waals surface area contributed by atoms with Crippen LogP contribution in [0.3, 0.4) is 0 Å². The van der Waals surface area contributed by atoms with Crippen LogP contribution in [0.25, 0.3) is 11.1 Å². The molecule has 0 atom stereocenters. The number of benzene rings is 3. The fourth-order valence-corrected chi connectivity index (χ4v) is 5.13. The van der Waals surface area contributed by atoms with Crippen LogP contribution in [0.2, 0.25) is 0 Å². The first kappa shape index (κ1) is 27.2. The zero-order valence-corrected chi connectivity index (χ0v) is 22.4. The van der Waals surface area contributed by atoms with Gasteiger partial charge in [0.15, 0.2) is 0 Å². The molecule has 4 aromatic rings. The summed E-state index contributed by atoms with van der Waals surface area (Å²) in [6.45, 7) is 2.77. The van der Waals surface area contributed by atoms with E-state index in [1.165, 1.54) is 0 Å². The molecular weight excluding hydrogens is 510 g/mol. The molecule has 3 aromatic carbocycles. The van der Waals surface area contributed by atoms with Gasteiger partial charge in [-0.15, -0.1) is 4.74 Å². The number of aromatic nitrogens is 2. The molecule has 0 aliphatic heterocycles. The Morgan fingerprint density at radius 2 is 1.80 bits per heavy atom. The molecular formula is C31H33N3O6. The van der Waals surface area contributed by atoms with Crippen LogP contribution in [0.15, 0.2) is 80.8 Å². The third-order valence-electron chi connectivity index (χ3n) is 7.37. The maximum atomic E-state index is 12.8. The maximum Gasteiger partial charge on any atom is 0.440 e. The first-order chi connectivity index (χ1) is 19.3. The largest absolute Gasteiger partial charge is 0.489 e. The average Bonchev–Trinajstić information content (AvgIpc) is 3.27. The molecule has 0 bridgehead atoms. The molecule has 0 unspecified atom stereocenters. The molecule has 1 heterocycles. The van der Waals surface area contributed by atoms with E-state index in [2.05, 4.69) is 16.4 Å². The molecule has 1 aliphatic carbocycles. The van der Waals surface area contributed by atoms with Crippen LogP contribution in [0, 0.1) is 6.92 Å². The summed E-state index contributed by atoms with van der Waals surface area (Å²) in [5.41, 5.74) is 4.00. The molecule has 1 aliphatic rings. The lowest BCUT2D eigenvalue weighted by molar-refractivity contribution is 0.00525. The van der Waals surface area contributed by atoms with E-state index >= 15 is 0 Å². The summed E-state index contributed by atoms with van der Waals surface area (Å²) >= 11 is 0. The van der Waals surface area contributed by atoms with E-state index in [1.807, 2.05) is 55.5 Å². The van der Waals surface area contributed by atoms with E-state index in [-0.39, 0.29) is 19.0 Å². The minimum Gasteiger partial charge on any atom is -0.489 e. The van der Waals surface area contributed by atoms with Crippen molar-refractivity contribution in [2.75, 3.05) is 6.54 Å². The van der Waals surface area contributed by atoms with E-state index in [0.29, 0.717) is 17.9 Å². The fourth-order valence-electron chi connectivity index (χ4n) is 5.13. The number of hydrogen-bond acceptors (Lipinski definition) is 6. The molecule has 9 heteroatoms. The fraction of sp³-hybridized carbons (Fsp3) is 0.323. The van der Waals surface area contributed by atoms with Crippen LogP contribution in [-0.2, 0) is 13.2 Å². The SMILES string of the molecule is Cc1cc(C(=O)NCC2(O)CCCCC2)ccc1-c1cccc(COc2ccc(Cn3oc(=O)[nH]c3=O)cc2)c1. The summed E-state index contributed by atoms with van der Waals surface area (Å²) in [6.07, 6.45) is 4.59. The number of amides is 1. The van der Waals surface area contributed by atoms with Crippen molar-refractivity contribution in [2.24, 2.45) is 0 Å². The predicted octanol–water partition coefficient (Wildman–Crippen LogP) is 4.16. The monoisotopic (exact) mass is 543 g/mol. The quantitative estimate of drug-likeness (QED) is 0.291. The molecule has 9 nitrogen and oxygen atoms in total. The highest BCUT2D eigenvalue weighted by molar-refractivity contribution is 5.95. The summed E-state index contributed by atoms with van der Waals surface area (Å²) in [7, 11) is 0. The van der Waals surface area contributed by atoms with E-state index in [4.69, 9.17) is 9.26 Å². The molecule has 208 valence electrons. The minimum atomic E-state index is -0.796. The summed E-state index contributed by atoms with van der Waals surface area (Å²) in [4.78, 5) is 37.6. The van der Waals surface area contributed by atoms with E-state index in [1.54, 1.807) is 12.1 Å². The van der Waals surface area contributed by atoms with Crippen LogP contribution in [0.5, 0.6) is 5.75 Å². The normalized spacial score (nSPS) is 14.6. The number of aryl methyl sites for hydroxylation is 1. The Balaban J connectivity index is 1.19. The highest BCUT2D eigenvalue weighted by atomic mass is 16.5. The summed E-state index contributed by atoms with van der Waals surface area (Å²) in [6, 6.07) is 20.9. The summed E-state index contributed by atoms with van der Waals surface area (Å²) < 4.78 is 11.7. The number of carbonyl (C=O) groups is 1. The molecule has 3 N–H and O–H groups in total. The van der Waals surface area contributed by atoms with Gasteiger partial charge in [0.25, 0.3) is 5.91 Å². The highest BCUT2D eigenvalue weighted by Gasteiger charge is 2.29. The number of rotatable bonds is 9. The van der Waals surface area contributed by atoms with Crippen molar-refractivity contribution in [3.8, 4) is 16.9 Å². The van der Waals surface area contributed by atoms with Crippen molar-refractivity contribution in [2.45, 2.75) is 57.8 Å². The standard InChI is InChI=1S/C31H33N3O6/c1-21-16-25(28(35)32-20-31(38)14-3-2-4-15-31)10-13-27(21)24-7-5-6-23(17-24)19-39-26-11-8-22(9-12-26)18-34-29(36)33-30(37)40-34/h5-13,16-17,38H,2-4,14-15,18-20H2,1H3,(H,32,35)(H,33,36,37). The van der Waals surface area contributed by atoms with Crippen molar-refractivity contribution < 1.29 is 19.2 Å². The average molecular weight is 544 g/mol.